The minimum atomic E-state index is 0.633. The van der Waals surface area contributed by atoms with Crippen LogP contribution < -0.4 is 10.6 Å². The lowest BCUT2D eigenvalue weighted by Crippen LogP contribution is -2.29. The van der Waals surface area contributed by atoms with Crippen LogP contribution >= 0.6 is 12.2 Å². The summed E-state index contributed by atoms with van der Waals surface area (Å²) in [6.45, 7) is 7.85. The SMILES string of the molecule is C=CCNC(=S)Nc1ccc(CN2CCCCC2)cc1. The smallest absolute Gasteiger partial charge is 0.171 e. The van der Waals surface area contributed by atoms with Crippen molar-refractivity contribution in [3.63, 3.8) is 0 Å². The van der Waals surface area contributed by atoms with Crippen molar-refractivity contribution in [1.29, 1.82) is 0 Å². The summed E-state index contributed by atoms with van der Waals surface area (Å²) in [6.07, 6.45) is 5.84. The lowest BCUT2D eigenvalue weighted by atomic mass is 10.1. The van der Waals surface area contributed by atoms with Gasteiger partial charge in [-0.2, -0.15) is 0 Å². The molecule has 108 valence electrons. The van der Waals surface area contributed by atoms with E-state index in [-0.39, 0.29) is 0 Å². The van der Waals surface area contributed by atoms with E-state index in [1.54, 1.807) is 6.08 Å². The van der Waals surface area contributed by atoms with Gasteiger partial charge < -0.3 is 10.6 Å². The molecule has 1 aliphatic rings. The lowest BCUT2D eigenvalue weighted by Gasteiger charge is -2.26. The zero-order chi connectivity index (χ0) is 14.2. The highest BCUT2D eigenvalue weighted by Gasteiger charge is 2.10. The van der Waals surface area contributed by atoms with E-state index in [0.717, 1.165) is 12.2 Å². The van der Waals surface area contributed by atoms with Crippen molar-refractivity contribution in [3.8, 4) is 0 Å². The molecule has 1 saturated heterocycles. The molecule has 20 heavy (non-hydrogen) atoms. The van der Waals surface area contributed by atoms with Gasteiger partial charge in [-0.25, -0.2) is 0 Å². The van der Waals surface area contributed by atoms with E-state index in [1.165, 1.54) is 37.9 Å². The average Bonchev–Trinajstić information content (AvgIpc) is 2.48. The molecule has 2 rings (SSSR count). The Labute approximate surface area is 127 Å². The van der Waals surface area contributed by atoms with Crippen LogP contribution in [0, 0.1) is 0 Å². The molecule has 0 saturated carbocycles. The predicted molar refractivity (Wildman–Crippen MR) is 90.0 cm³/mol. The Hall–Kier alpha value is -1.39. The first-order valence-corrected chi connectivity index (χ1v) is 7.66. The van der Waals surface area contributed by atoms with Crippen LogP contribution in [0.15, 0.2) is 36.9 Å². The Kier molecular flexibility index (Phi) is 6.02. The first-order chi connectivity index (χ1) is 9.78. The normalized spacial score (nSPS) is 15.6. The Bertz CT molecular complexity index is 436. The molecule has 1 aromatic rings. The minimum Gasteiger partial charge on any atom is -0.359 e. The van der Waals surface area contributed by atoms with Gasteiger partial charge in [0, 0.05) is 18.8 Å². The highest BCUT2D eigenvalue weighted by Crippen LogP contribution is 2.15. The van der Waals surface area contributed by atoms with Crippen LogP contribution in [0.5, 0.6) is 0 Å². The van der Waals surface area contributed by atoms with Crippen molar-refractivity contribution in [1.82, 2.24) is 10.2 Å². The van der Waals surface area contributed by atoms with Crippen LogP contribution in [-0.2, 0) is 6.54 Å². The van der Waals surface area contributed by atoms with Crippen LogP contribution in [0.4, 0.5) is 5.69 Å². The van der Waals surface area contributed by atoms with E-state index >= 15 is 0 Å². The Morgan fingerprint density at radius 1 is 1.20 bits per heavy atom. The highest BCUT2D eigenvalue weighted by atomic mass is 32.1. The van der Waals surface area contributed by atoms with Gasteiger partial charge in [0.05, 0.1) is 0 Å². The second kappa shape index (κ2) is 8.02. The minimum absolute atomic E-state index is 0.633. The molecule has 1 heterocycles. The van der Waals surface area contributed by atoms with Crippen molar-refractivity contribution >= 4 is 23.0 Å². The molecule has 1 aromatic carbocycles. The monoisotopic (exact) mass is 289 g/mol. The highest BCUT2D eigenvalue weighted by molar-refractivity contribution is 7.80. The number of thiocarbonyl (C=S) groups is 1. The van der Waals surface area contributed by atoms with Crippen LogP contribution in [0.1, 0.15) is 24.8 Å². The van der Waals surface area contributed by atoms with Crippen LogP contribution in [0.3, 0.4) is 0 Å². The molecule has 1 fully saturated rings. The molecule has 1 aliphatic heterocycles. The molecule has 3 nitrogen and oxygen atoms in total. The van der Waals surface area contributed by atoms with E-state index < -0.39 is 0 Å². The third-order valence-electron chi connectivity index (χ3n) is 3.47. The quantitative estimate of drug-likeness (QED) is 0.643. The fourth-order valence-corrected chi connectivity index (χ4v) is 2.61. The van der Waals surface area contributed by atoms with Gasteiger partial charge in [0.25, 0.3) is 0 Å². The summed E-state index contributed by atoms with van der Waals surface area (Å²) in [4.78, 5) is 2.53. The standard InChI is InChI=1S/C16H23N3S/c1-2-10-17-16(20)18-15-8-6-14(7-9-15)13-19-11-4-3-5-12-19/h2,6-9H,1,3-5,10-13H2,(H2,17,18,20). The van der Waals surface area contributed by atoms with E-state index in [0.29, 0.717) is 11.7 Å². The van der Waals surface area contributed by atoms with Gasteiger partial charge in [-0.15, -0.1) is 6.58 Å². The van der Waals surface area contributed by atoms with Gasteiger partial charge in [0.2, 0.25) is 0 Å². The number of hydrogen-bond acceptors (Lipinski definition) is 2. The van der Waals surface area contributed by atoms with Crippen LogP contribution in [0.2, 0.25) is 0 Å². The number of anilines is 1. The molecule has 0 unspecified atom stereocenters. The Balaban J connectivity index is 1.82. The van der Waals surface area contributed by atoms with Crippen molar-refractivity contribution in [2.75, 3.05) is 25.0 Å². The summed E-state index contributed by atoms with van der Waals surface area (Å²) in [7, 11) is 0. The lowest BCUT2D eigenvalue weighted by molar-refractivity contribution is 0.221. The van der Waals surface area contributed by atoms with Crippen LogP contribution in [0.25, 0.3) is 0 Å². The third-order valence-corrected chi connectivity index (χ3v) is 3.72. The first-order valence-electron chi connectivity index (χ1n) is 7.25. The Morgan fingerprint density at radius 2 is 1.90 bits per heavy atom. The molecular weight excluding hydrogens is 266 g/mol. The van der Waals surface area contributed by atoms with E-state index in [4.69, 9.17) is 12.2 Å². The maximum Gasteiger partial charge on any atom is 0.171 e. The van der Waals surface area contributed by atoms with Gasteiger partial charge >= 0.3 is 0 Å². The van der Waals surface area contributed by atoms with E-state index in [1.807, 2.05) is 0 Å². The maximum absolute atomic E-state index is 5.19. The number of nitrogens with zero attached hydrogens (tertiary/aromatic N) is 1. The zero-order valence-corrected chi connectivity index (χ0v) is 12.7. The summed E-state index contributed by atoms with van der Waals surface area (Å²) in [5.41, 5.74) is 2.39. The molecule has 0 bridgehead atoms. The first kappa shape index (κ1) is 15.0. The second-order valence-corrected chi connectivity index (χ2v) is 5.57. The number of piperidine rings is 1. The third kappa shape index (κ3) is 4.94. The molecule has 2 N–H and O–H groups in total. The summed E-state index contributed by atoms with van der Waals surface area (Å²) >= 11 is 5.19. The number of nitrogens with one attached hydrogen (secondary N) is 2. The summed E-state index contributed by atoms with van der Waals surface area (Å²) in [6, 6.07) is 8.52. The summed E-state index contributed by atoms with van der Waals surface area (Å²) < 4.78 is 0. The summed E-state index contributed by atoms with van der Waals surface area (Å²) in [5.74, 6) is 0. The van der Waals surface area contributed by atoms with Gasteiger partial charge in [-0.05, 0) is 55.8 Å². The number of likely N-dealkylation sites (tertiary alicyclic amines) is 1. The number of rotatable bonds is 5. The molecule has 0 atom stereocenters. The molecule has 0 aliphatic carbocycles. The topological polar surface area (TPSA) is 27.3 Å². The van der Waals surface area contributed by atoms with Gasteiger partial charge in [0.15, 0.2) is 5.11 Å². The van der Waals surface area contributed by atoms with Gasteiger partial charge in [-0.1, -0.05) is 24.6 Å². The largest absolute Gasteiger partial charge is 0.359 e. The number of benzene rings is 1. The predicted octanol–water partition coefficient (Wildman–Crippen LogP) is 3.14. The zero-order valence-electron chi connectivity index (χ0n) is 11.9. The molecular formula is C16H23N3S. The fourth-order valence-electron chi connectivity index (χ4n) is 2.41. The van der Waals surface area contributed by atoms with Crippen molar-refractivity contribution in [3.05, 3.63) is 42.5 Å². The number of hydrogen-bond donors (Lipinski definition) is 2. The van der Waals surface area contributed by atoms with Crippen molar-refractivity contribution in [2.24, 2.45) is 0 Å². The average molecular weight is 289 g/mol. The fraction of sp³-hybridized carbons (Fsp3) is 0.438. The Morgan fingerprint density at radius 3 is 2.55 bits per heavy atom. The van der Waals surface area contributed by atoms with Crippen LogP contribution in [-0.4, -0.2) is 29.6 Å². The van der Waals surface area contributed by atoms with Gasteiger partial charge in [-0.3, -0.25) is 4.90 Å². The molecule has 0 spiro atoms. The molecule has 0 aromatic heterocycles. The van der Waals surface area contributed by atoms with E-state index in [9.17, 15) is 0 Å². The van der Waals surface area contributed by atoms with Crippen molar-refractivity contribution in [2.45, 2.75) is 25.8 Å². The summed E-state index contributed by atoms with van der Waals surface area (Å²) in [5, 5.41) is 6.85. The van der Waals surface area contributed by atoms with Crippen molar-refractivity contribution < 1.29 is 0 Å². The molecule has 0 amide bonds. The maximum atomic E-state index is 5.19. The van der Waals surface area contributed by atoms with Gasteiger partial charge in [0.1, 0.15) is 0 Å². The molecule has 4 heteroatoms. The molecule has 0 radical (unpaired) electrons. The second-order valence-electron chi connectivity index (χ2n) is 5.16. The van der Waals surface area contributed by atoms with E-state index in [2.05, 4.69) is 46.4 Å².